The quantitative estimate of drug-likeness (QED) is 0.804. The fourth-order valence-electron chi connectivity index (χ4n) is 2.98. The summed E-state index contributed by atoms with van der Waals surface area (Å²) in [5.74, 6) is -0.315. The lowest BCUT2D eigenvalue weighted by Crippen LogP contribution is -2.35. The van der Waals surface area contributed by atoms with Gasteiger partial charge in [0.25, 0.3) is 0 Å². The number of methoxy groups -OCH3 is 1. The molecule has 2 atom stereocenters. The average molecular weight is 316 g/mol. The first-order valence-electron chi connectivity index (χ1n) is 7.77. The Morgan fingerprint density at radius 2 is 2.04 bits per heavy atom. The van der Waals surface area contributed by atoms with Crippen molar-refractivity contribution in [2.24, 2.45) is 0 Å². The molecule has 0 amide bonds. The molecule has 1 aromatic heterocycles. The minimum absolute atomic E-state index is 0.00528. The second-order valence-corrected chi connectivity index (χ2v) is 5.76. The fourth-order valence-corrected chi connectivity index (χ4v) is 2.98. The van der Waals surface area contributed by atoms with Crippen molar-refractivity contribution in [1.82, 2.24) is 20.2 Å². The Bertz CT molecular complexity index is 672. The largest absolute Gasteiger partial charge is 0.456 e. The lowest BCUT2D eigenvalue weighted by Gasteiger charge is -2.29. The van der Waals surface area contributed by atoms with E-state index in [0.717, 1.165) is 36.9 Å². The Hall–Kier alpha value is -2.28. The molecule has 0 N–H and O–H groups in total. The van der Waals surface area contributed by atoms with E-state index in [2.05, 4.69) is 15.5 Å². The molecule has 1 aromatic carbocycles. The number of nitrogens with zero attached hydrogens (tertiary/aromatic N) is 4. The second-order valence-electron chi connectivity index (χ2n) is 5.76. The summed E-state index contributed by atoms with van der Waals surface area (Å²) in [6.07, 6.45) is 5.32. The molecule has 1 heterocycles. The topological polar surface area (TPSA) is 79.1 Å². The molecule has 3 rings (SSSR count). The predicted molar refractivity (Wildman–Crippen MR) is 82.4 cm³/mol. The second kappa shape index (κ2) is 6.87. The zero-order chi connectivity index (χ0) is 16.2. The first-order chi connectivity index (χ1) is 11.2. The van der Waals surface area contributed by atoms with Crippen molar-refractivity contribution in [2.75, 3.05) is 7.11 Å². The predicted octanol–water partition coefficient (Wildman–Crippen LogP) is 2.09. The third-order valence-corrected chi connectivity index (χ3v) is 4.23. The molecular formula is C16H20N4O3. The van der Waals surface area contributed by atoms with Gasteiger partial charge in [-0.1, -0.05) is 6.42 Å². The molecule has 0 saturated heterocycles. The van der Waals surface area contributed by atoms with Crippen LogP contribution in [0.25, 0.3) is 5.69 Å². The molecule has 0 radical (unpaired) electrons. The minimum Gasteiger partial charge on any atom is -0.456 e. The summed E-state index contributed by atoms with van der Waals surface area (Å²) in [7, 11) is 1.67. The number of rotatable bonds is 4. The lowest BCUT2D eigenvalue weighted by molar-refractivity contribution is -0.0539. The number of carbonyl (C=O) groups is 1. The average Bonchev–Trinajstić information content (AvgIpc) is 3.09. The summed E-state index contributed by atoms with van der Waals surface area (Å²) in [6, 6.07) is 5.35. The van der Waals surface area contributed by atoms with Gasteiger partial charge in [-0.05, 0) is 60.4 Å². The molecular weight excluding hydrogens is 296 g/mol. The monoisotopic (exact) mass is 316 g/mol. The zero-order valence-corrected chi connectivity index (χ0v) is 13.3. The molecule has 7 heteroatoms. The van der Waals surface area contributed by atoms with E-state index >= 15 is 0 Å². The van der Waals surface area contributed by atoms with Gasteiger partial charge in [-0.15, -0.1) is 5.10 Å². The molecule has 7 nitrogen and oxygen atoms in total. The Balaban J connectivity index is 1.74. The molecule has 0 bridgehead atoms. The van der Waals surface area contributed by atoms with Crippen molar-refractivity contribution in [3.63, 3.8) is 0 Å². The van der Waals surface area contributed by atoms with E-state index in [9.17, 15) is 4.79 Å². The third-order valence-electron chi connectivity index (χ3n) is 4.23. The molecule has 1 aliphatic rings. The first kappa shape index (κ1) is 15.6. The van der Waals surface area contributed by atoms with Crippen molar-refractivity contribution in [3.05, 3.63) is 35.7 Å². The van der Waals surface area contributed by atoms with Gasteiger partial charge in [0.2, 0.25) is 0 Å². The van der Waals surface area contributed by atoms with Crippen LogP contribution in [0.3, 0.4) is 0 Å². The maximum atomic E-state index is 12.4. The van der Waals surface area contributed by atoms with Crippen LogP contribution in [0.4, 0.5) is 0 Å². The number of esters is 1. The third kappa shape index (κ3) is 3.39. The number of hydrogen-bond donors (Lipinski definition) is 0. The lowest BCUT2D eigenvalue weighted by atomic mass is 9.94. The van der Waals surface area contributed by atoms with Crippen molar-refractivity contribution >= 4 is 5.97 Å². The van der Waals surface area contributed by atoms with Crippen LogP contribution in [0.5, 0.6) is 0 Å². The highest BCUT2D eigenvalue weighted by atomic mass is 16.6. The summed E-state index contributed by atoms with van der Waals surface area (Å²) in [4.78, 5) is 12.4. The standard InChI is InChI=1S/C16H20N4O3/c1-11-9-12(7-8-13(11)20-10-17-18-19-20)16(21)23-15-6-4-3-5-14(15)22-2/h7-10,14-15H,3-6H2,1-2H3/t14-,15-/m1/s1. The van der Waals surface area contributed by atoms with Gasteiger partial charge >= 0.3 is 5.97 Å². The number of tetrazole rings is 1. The summed E-state index contributed by atoms with van der Waals surface area (Å²) >= 11 is 0. The van der Waals surface area contributed by atoms with Gasteiger partial charge in [-0.2, -0.15) is 0 Å². The molecule has 122 valence electrons. The number of aryl methyl sites for hydroxylation is 1. The van der Waals surface area contributed by atoms with Crippen molar-refractivity contribution in [1.29, 1.82) is 0 Å². The Kier molecular flexibility index (Phi) is 4.66. The van der Waals surface area contributed by atoms with Gasteiger partial charge in [-0.3, -0.25) is 0 Å². The molecule has 1 saturated carbocycles. The SMILES string of the molecule is CO[C@@H]1CCCC[C@H]1OC(=O)c1ccc(-n2cnnn2)c(C)c1. The van der Waals surface area contributed by atoms with Crippen LogP contribution in [0.15, 0.2) is 24.5 Å². The van der Waals surface area contributed by atoms with Gasteiger partial charge < -0.3 is 9.47 Å². The van der Waals surface area contributed by atoms with E-state index in [1.54, 1.807) is 23.9 Å². The van der Waals surface area contributed by atoms with Crippen LogP contribution in [0.2, 0.25) is 0 Å². The smallest absolute Gasteiger partial charge is 0.338 e. The van der Waals surface area contributed by atoms with E-state index in [1.165, 1.54) is 6.33 Å². The van der Waals surface area contributed by atoms with Gasteiger partial charge in [0.05, 0.1) is 17.4 Å². The van der Waals surface area contributed by atoms with Crippen molar-refractivity contribution in [2.45, 2.75) is 44.8 Å². The molecule has 1 aliphatic carbocycles. The Labute approximate surface area is 134 Å². The van der Waals surface area contributed by atoms with E-state index < -0.39 is 0 Å². The van der Waals surface area contributed by atoms with E-state index in [0.29, 0.717) is 5.56 Å². The van der Waals surface area contributed by atoms with Gasteiger partial charge in [0.1, 0.15) is 12.4 Å². The maximum Gasteiger partial charge on any atom is 0.338 e. The van der Waals surface area contributed by atoms with Crippen LogP contribution < -0.4 is 0 Å². The van der Waals surface area contributed by atoms with Gasteiger partial charge in [0, 0.05) is 7.11 Å². The molecule has 0 spiro atoms. The molecule has 1 fully saturated rings. The highest BCUT2D eigenvalue weighted by molar-refractivity contribution is 5.90. The Morgan fingerprint density at radius 3 is 2.70 bits per heavy atom. The number of benzene rings is 1. The summed E-state index contributed by atoms with van der Waals surface area (Å²) < 4.78 is 12.6. The molecule has 0 unspecified atom stereocenters. The van der Waals surface area contributed by atoms with Crippen molar-refractivity contribution < 1.29 is 14.3 Å². The van der Waals surface area contributed by atoms with E-state index in [-0.39, 0.29) is 18.2 Å². The number of ether oxygens (including phenoxy) is 2. The first-order valence-corrected chi connectivity index (χ1v) is 7.77. The summed E-state index contributed by atoms with van der Waals surface area (Å²) in [5, 5.41) is 11.1. The highest BCUT2D eigenvalue weighted by Gasteiger charge is 2.28. The summed E-state index contributed by atoms with van der Waals surface area (Å²) in [6.45, 7) is 1.91. The Morgan fingerprint density at radius 1 is 1.26 bits per heavy atom. The zero-order valence-electron chi connectivity index (χ0n) is 13.3. The minimum atomic E-state index is -0.315. The van der Waals surface area contributed by atoms with E-state index in [1.807, 2.05) is 13.0 Å². The van der Waals surface area contributed by atoms with Gasteiger partial charge in [0.15, 0.2) is 0 Å². The molecule has 0 aliphatic heterocycles. The maximum absolute atomic E-state index is 12.4. The van der Waals surface area contributed by atoms with Crippen LogP contribution >= 0.6 is 0 Å². The van der Waals surface area contributed by atoms with Crippen LogP contribution in [-0.2, 0) is 9.47 Å². The highest BCUT2D eigenvalue weighted by Crippen LogP contribution is 2.25. The number of hydrogen-bond acceptors (Lipinski definition) is 6. The normalized spacial score (nSPS) is 21.1. The van der Waals surface area contributed by atoms with Crippen LogP contribution in [-0.4, -0.2) is 45.5 Å². The van der Waals surface area contributed by atoms with Gasteiger partial charge in [-0.25, -0.2) is 9.48 Å². The fraction of sp³-hybridized carbons (Fsp3) is 0.500. The van der Waals surface area contributed by atoms with E-state index in [4.69, 9.17) is 9.47 Å². The number of carbonyl (C=O) groups excluding carboxylic acids is 1. The number of aromatic nitrogens is 4. The molecule has 2 aromatic rings. The van der Waals surface area contributed by atoms with Crippen LogP contribution in [0, 0.1) is 6.92 Å². The molecule has 23 heavy (non-hydrogen) atoms. The van der Waals surface area contributed by atoms with Crippen LogP contribution in [0.1, 0.15) is 41.6 Å². The van der Waals surface area contributed by atoms with Crippen molar-refractivity contribution in [3.8, 4) is 5.69 Å². The summed E-state index contributed by atoms with van der Waals surface area (Å²) in [5.41, 5.74) is 2.26.